The van der Waals surface area contributed by atoms with Crippen molar-refractivity contribution in [1.82, 2.24) is 29.9 Å². The Labute approximate surface area is 175 Å². The first kappa shape index (κ1) is 19.1. The Morgan fingerprint density at radius 1 is 1.20 bits per heavy atom. The van der Waals surface area contributed by atoms with Gasteiger partial charge in [0.15, 0.2) is 11.4 Å². The number of aromatic amines is 1. The molecular formula is C23H28N6O. The first-order valence-corrected chi connectivity index (χ1v) is 10.7. The van der Waals surface area contributed by atoms with Crippen molar-refractivity contribution < 1.29 is 4.74 Å². The zero-order valence-corrected chi connectivity index (χ0v) is 18.0. The van der Waals surface area contributed by atoms with E-state index >= 15 is 0 Å². The van der Waals surface area contributed by atoms with Crippen LogP contribution in [0.3, 0.4) is 0 Å². The van der Waals surface area contributed by atoms with Gasteiger partial charge in [0, 0.05) is 28.9 Å². The van der Waals surface area contributed by atoms with Crippen molar-refractivity contribution in [1.29, 1.82) is 0 Å². The molecule has 0 amide bonds. The smallest absolute Gasteiger partial charge is 0.197 e. The summed E-state index contributed by atoms with van der Waals surface area (Å²) in [4.78, 5) is 13.2. The monoisotopic (exact) mass is 404 g/mol. The molecule has 0 aliphatic carbocycles. The van der Waals surface area contributed by atoms with E-state index in [-0.39, 0.29) is 0 Å². The summed E-state index contributed by atoms with van der Waals surface area (Å²) < 4.78 is 7.35. The number of hydrogen-bond acceptors (Lipinski definition) is 5. The molecular weight excluding hydrogens is 376 g/mol. The normalized spacial score (nSPS) is 15.5. The van der Waals surface area contributed by atoms with Gasteiger partial charge in [0.2, 0.25) is 0 Å². The maximum absolute atomic E-state index is 5.58. The maximum atomic E-state index is 5.58. The Bertz CT molecular complexity index is 1220. The summed E-state index contributed by atoms with van der Waals surface area (Å²) in [6, 6.07) is 4.29. The standard InChI is InChI=1S/C23H28N6O/c1-13(2)19-21(16-10-18(30-4)23-25-12-26-29(23)11-16)27-17-9-14(3)20(28-22(17)19)15-5-7-24-8-6-15/h9-13,15,24,27H,5-8H2,1-4H3. The lowest BCUT2D eigenvalue weighted by Crippen LogP contribution is -2.27. The molecule has 0 saturated carbocycles. The first-order valence-electron chi connectivity index (χ1n) is 10.7. The summed E-state index contributed by atoms with van der Waals surface area (Å²) in [5, 5.41) is 7.78. The third-order valence-corrected chi connectivity index (χ3v) is 6.19. The van der Waals surface area contributed by atoms with Crippen LogP contribution in [-0.2, 0) is 0 Å². The summed E-state index contributed by atoms with van der Waals surface area (Å²) in [7, 11) is 1.67. The Morgan fingerprint density at radius 2 is 2.00 bits per heavy atom. The molecule has 4 aromatic heterocycles. The predicted molar refractivity (Wildman–Crippen MR) is 118 cm³/mol. The van der Waals surface area contributed by atoms with Crippen LogP contribution in [0.25, 0.3) is 27.9 Å². The van der Waals surface area contributed by atoms with Gasteiger partial charge in [-0.05, 0) is 56.5 Å². The zero-order chi connectivity index (χ0) is 20.8. The highest BCUT2D eigenvalue weighted by Gasteiger charge is 2.23. The maximum Gasteiger partial charge on any atom is 0.197 e. The number of piperidine rings is 1. The number of rotatable bonds is 4. The van der Waals surface area contributed by atoms with Gasteiger partial charge in [-0.3, -0.25) is 4.98 Å². The Balaban J connectivity index is 1.72. The molecule has 1 aliphatic rings. The van der Waals surface area contributed by atoms with E-state index in [1.54, 1.807) is 18.0 Å². The predicted octanol–water partition coefficient (Wildman–Crippen LogP) is 4.18. The van der Waals surface area contributed by atoms with Crippen LogP contribution in [0.1, 0.15) is 55.3 Å². The van der Waals surface area contributed by atoms with Gasteiger partial charge in [-0.15, -0.1) is 0 Å². The Morgan fingerprint density at radius 3 is 2.73 bits per heavy atom. The highest BCUT2D eigenvalue weighted by molar-refractivity contribution is 5.89. The van der Waals surface area contributed by atoms with Crippen LogP contribution in [-0.4, -0.2) is 44.8 Å². The number of methoxy groups -OCH3 is 1. The number of fused-ring (bicyclic) bond motifs is 2. The fourth-order valence-corrected chi connectivity index (χ4v) is 4.73. The second kappa shape index (κ2) is 7.40. The van der Waals surface area contributed by atoms with Crippen LogP contribution in [0.4, 0.5) is 0 Å². The fraction of sp³-hybridized carbons (Fsp3) is 0.435. The quantitative estimate of drug-likeness (QED) is 0.533. The van der Waals surface area contributed by atoms with Gasteiger partial charge in [0.05, 0.1) is 23.8 Å². The van der Waals surface area contributed by atoms with E-state index in [1.165, 1.54) is 16.8 Å². The molecule has 7 heteroatoms. The van der Waals surface area contributed by atoms with Crippen molar-refractivity contribution in [3.63, 3.8) is 0 Å². The molecule has 0 bridgehead atoms. The number of nitrogens with one attached hydrogen (secondary N) is 2. The van der Waals surface area contributed by atoms with Crippen LogP contribution in [0.15, 0.2) is 24.7 Å². The lowest BCUT2D eigenvalue weighted by Gasteiger charge is -2.23. The molecule has 0 radical (unpaired) electrons. The molecule has 4 aromatic rings. The summed E-state index contributed by atoms with van der Waals surface area (Å²) in [6.45, 7) is 8.77. The summed E-state index contributed by atoms with van der Waals surface area (Å²) in [5.74, 6) is 1.56. The van der Waals surface area contributed by atoms with Gasteiger partial charge in [-0.1, -0.05) is 13.8 Å². The third-order valence-electron chi connectivity index (χ3n) is 6.19. The third kappa shape index (κ3) is 3.04. The van der Waals surface area contributed by atoms with Crippen molar-refractivity contribution in [2.75, 3.05) is 20.2 Å². The molecule has 156 valence electrons. The topological polar surface area (TPSA) is 80.1 Å². The van der Waals surface area contributed by atoms with E-state index in [0.717, 1.165) is 48.2 Å². The highest BCUT2D eigenvalue weighted by atomic mass is 16.5. The van der Waals surface area contributed by atoms with E-state index < -0.39 is 0 Å². The van der Waals surface area contributed by atoms with Gasteiger partial charge < -0.3 is 15.0 Å². The molecule has 7 nitrogen and oxygen atoms in total. The van der Waals surface area contributed by atoms with Crippen LogP contribution in [0.5, 0.6) is 5.75 Å². The second-order valence-electron chi connectivity index (χ2n) is 8.50. The van der Waals surface area contributed by atoms with Gasteiger partial charge in [-0.25, -0.2) is 9.50 Å². The SMILES string of the molecule is COc1cc(-c2[nH]c3cc(C)c(C4CCNCC4)nc3c2C(C)C)cn2ncnc12. The number of hydrogen-bond donors (Lipinski definition) is 2. The zero-order valence-electron chi connectivity index (χ0n) is 18.0. The van der Waals surface area contributed by atoms with Crippen LogP contribution in [0.2, 0.25) is 0 Å². The molecule has 30 heavy (non-hydrogen) atoms. The average molecular weight is 405 g/mol. The number of aromatic nitrogens is 5. The summed E-state index contributed by atoms with van der Waals surface area (Å²) >= 11 is 0. The van der Waals surface area contributed by atoms with E-state index in [1.807, 2.05) is 12.3 Å². The highest BCUT2D eigenvalue weighted by Crippen LogP contribution is 2.38. The molecule has 0 atom stereocenters. The van der Waals surface area contributed by atoms with Crippen molar-refractivity contribution in [3.05, 3.63) is 41.5 Å². The van der Waals surface area contributed by atoms with Gasteiger partial charge in [0.25, 0.3) is 0 Å². The van der Waals surface area contributed by atoms with Crippen molar-refractivity contribution >= 4 is 16.7 Å². The van der Waals surface area contributed by atoms with Gasteiger partial charge in [0.1, 0.15) is 6.33 Å². The molecule has 1 saturated heterocycles. The lowest BCUT2D eigenvalue weighted by molar-refractivity contribution is 0.416. The van der Waals surface area contributed by atoms with E-state index in [9.17, 15) is 0 Å². The Kier molecular flexibility index (Phi) is 4.70. The summed E-state index contributed by atoms with van der Waals surface area (Å²) in [6.07, 6.45) is 5.84. The molecule has 0 spiro atoms. The van der Waals surface area contributed by atoms with E-state index in [4.69, 9.17) is 9.72 Å². The molecule has 5 rings (SSSR count). The van der Waals surface area contributed by atoms with E-state index in [2.05, 4.69) is 47.2 Å². The Hall–Kier alpha value is -2.93. The minimum Gasteiger partial charge on any atom is -0.493 e. The van der Waals surface area contributed by atoms with Crippen LogP contribution >= 0.6 is 0 Å². The minimum atomic E-state index is 0.322. The largest absolute Gasteiger partial charge is 0.493 e. The second-order valence-corrected chi connectivity index (χ2v) is 8.50. The molecule has 0 aromatic carbocycles. The van der Waals surface area contributed by atoms with Crippen LogP contribution < -0.4 is 10.1 Å². The molecule has 0 unspecified atom stereocenters. The minimum absolute atomic E-state index is 0.322. The lowest BCUT2D eigenvalue weighted by atomic mass is 9.91. The average Bonchev–Trinajstić information content (AvgIpc) is 3.37. The first-order chi connectivity index (χ1) is 14.6. The van der Waals surface area contributed by atoms with Crippen molar-refractivity contribution in [2.45, 2.75) is 45.4 Å². The van der Waals surface area contributed by atoms with Crippen molar-refractivity contribution in [3.8, 4) is 17.0 Å². The number of pyridine rings is 2. The van der Waals surface area contributed by atoms with Gasteiger partial charge >= 0.3 is 0 Å². The fourth-order valence-electron chi connectivity index (χ4n) is 4.73. The number of ether oxygens (including phenoxy) is 1. The number of H-pyrrole nitrogens is 1. The summed E-state index contributed by atoms with van der Waals surface area (Å²) in [5.41, 5.74) is 8.73. The van der Waals surface area contributed by atoms with Crippen molar-refractivity contribution in [2.24, 2.45) is 0 Å². The molecule has 1 aliphatic heterocycles. The van der Waals surface area contributed by atoms with E-state index in [0.29, 0.717) is 23.2 Å². The van der Waals surface area contributed by atoms with Crippen LogP contribution in [0, 0.1) is 6.92 Å². The number of nitrogens with zero attached hydrogens (tertiary/aromatic N) is 4. The number of aryl methyl sites for hydroxylation is 1. The molecule has 5 heterocycles. The van der Waals surface area contributed by atoms with Gasteiger partial charge in [-0.2, -0.15) is 5.10 Å². The molecule has 1 fully saturated rings. The molecule has 2 N–H and O–H groups in total.